The Hall–Kier alpha value is -3.03. The molecular weight excluding hydrogens is 368 g/mol. The Bertz CT molecular complexity index is 983. The largest absolute Gasteiger partial charge is 0.497 e. The Morgan fingerprint density at radius 2 is 1.90 bits per heavy atom. The highest BCUT2D eigenvalue weighted by Gasteiger charge is 2.28. The molecule has 1 fully saturated rings. The van der Waals surface area contributed by atoms with Crippen LogP contribution >= 0.6 is 0 Å². The molecule has 3 aromatic rings. The zero-order valence-corrected chi connectivity index (χ0v) is 16.6. The number of para-hydroxylation sites is 1. The van der Waals surface area contributed by atoms with Crippen molar-refractivity contribution in [3.05, 3.63) is 60.3 Å². The number of fused-ring (bicyclic) bond motifs is 1. The van der Waals surface area contributed by atoms with Crippen LogP contribution in [0.3, 0.4) is 0 Å². The van der Waals surface area contributed by atoms with Crippen LogP contribution in [0.15, 0.2) is 54.6 Å². The van der Waals surface area contributed by atoms with Crippen LogP contribution in [0.4, 0.5) is 0 Å². The van der Waals surface area contributed by atoms with Gasteiger partial charge in [0.15, 0.2) is 6.61 Å². The van der Waals surface area contributed by atoms with Crippen molar-refractivity contribution >= 4 is 16.8 Å². The van der Waals surface area contributed by atoms with E-state index >= 15 is 0 Å². The Morgan fingerprint density at radius 1 is 1.14 bits per heavy atom. The normalized spacial score (nSPS) is 18.7. The second-order valence-electron chi connectivity index (χ2n) is 7.03. The first-order chi connectivity index (χ1) is 14.2. The van der Waals surface area contributed by atoms with Gasteiger partial charge in [0.05, 0.1) is 19.3 Å². The minimum Gasteiger partial charge on any atom is -0.497 e. The van der Waals surface area contributed by atoms with Crippen molar-refractivity contribution < 1.29 is 14.3 Å². The van der Waals surface area contributed by atoms with Gasteiger partial charge in [0.1, 0.15) is 11.5 Å². The van der Waals surface area contributed by atoms with Crippen LogP contribution in [0, 0.1) is 0 Å². The highest BCUT2D eigenvalue weighted by atomic mass is 16.5. The van der Waals surface area contributed by atoms with Gasteiger partial charge in [0.2, 0.25) is 0 Å². The second kappa shape index (κ2) is 8.55. The van der Waals surface area contributed by atoms with Crippen molar-refractivity contribution in [2.45, 2.75) is 32.1 Å². The number of methoxy groups -OCH3 is 1. The lowest BCUT2D eigenvalue weighted by Crippen LogP contribution is -2.45. The summed E-state index contributed by atoms with van der Waals surface area (Å²) in [7, 11) is 1.61. The van der Waals surface area contributed by atoms with Gasteiger partial charge in [-0.15, -0.1) is 0 Å². The number of aromatic nitrogens is 1. The van der Waals surface area contributed by atoms with E-state index in [2.05, 4.69) is 58.0 Å². The summed E-state index contributed by atoms with van der Waals surface area (Å²) in [4.78, 5) is 12.3. The quantitative estimate of drug-likeness (QED) is 0.575. The summed E-state index contributed by atoms with van der Waals surface area (Å²) < 4.78 is 13.0. The van der Waals surface area contributed by atoms with Crippen LogP contribution < -0.4 is 25.6 Å². The van der Waals surface area contributed by atoms with E-state index in [0.29, 0.717) is 5.75 Å². The maximum atomic E-state index is 12.3. The number of nitrogens with zero attached hydrogens (tertiary/aromatic N) is 1. The van der Waals surface area contributed by atoms with E-state index in [4.69, 9.17) is 9.47 Å². The number of aryl methyl sites for hydroxylation is 1. The number of ether oxygens (including phenoxy) is 2. The van der Waals surface area contributed by atoms with Crippen LogP contribution in [0.1, 0.15) is 25.1 Å². The van der Waals surface area contributed by atoms with Gasteiger partial charge in [0.25, 0.3) is 5.91 Å². The van der Waals surface area contributed by atoms with E-state index in [9.17, 15) is 4.79 Å². The monoisotopic (exact) mass is 394 g/mol. The smallest absolute Gasteiger partial charge is 0.259 e. The molecule has 0 saturated carbocycles. The molecule has 2 aromatic carbocycles. The number of hydrogen-bond acceptors (Lipinski definition) is 5. The molecule has 7 nitrogen and oxygen atoms in total. The van der Waals surface area contributed by atoms with Crippen molar-refractivity contribution in [3.63, 3.8) is 0 Å². The summed E-state index contributed by atoms with van der Waals surface area (Å²) in [5.74, 6) is 1.21. The maximum Gasteiger partial charge on any atom is 0.259 e. The average molecular weight is 394 g/mol. The maximum absolute atomic E-state index is 12.3. The molecule has 2 unspecified atom stereocenters. The van der Waals surface area contributed by atoms with E-state index in [1.165, 1.54) is 16.6 Å². The molecule has 0 aliphatic carbocycles. The van der Waals surface area contributed by atoms with Crippen LogP contribution in [-0.2, 0) is 11.3 Å². The van der Waals surface area contributed by atoms with Gasteiger partial charge in [-0.1, -0.05) is 18.2 Å². The molecule has 7 heteroatoms. The second-order valence-corrected chi connectivity index (χ2v) is 7.03. The first-order valence-corrected chi connectivity index (χ1v) is 9.83. The fourth-order valence-electron chi connectivity index (χ4n) is 3.77. The average Bonchev–Trinajstić information content (AvgIpc) is 3.36. The molecule has 2 atom stereocenters. The van der Waals surface area contributed by atoms with Crippen LogP contribution in [-0.4, -0.2) is 30.4 Å². The SMILES string of the molecule is CCn1c(C2CC(NC(=O)COc3ccc(OC)cc3)NN2)cc2ccccc21. The molecule has 0 radical (unpaired) electrons. The van der Waals surface area contributed by atoms with E-state index in [1.54, 1.807) is 31.4 Å². The zero-order chi connectivity index (χ0) is 20.2. The highest BCUT2D eigenvalue weighted by molar-refractivity contribution is 5.81. The molecule has 1 saturated heterocycles. The van der Waals surface area contributed by atoms with Gasteiger partial charge in [-0.05, 0) is 48.7 Å². The topological polar surface area (TPSA) is 76.6 Å². The molecule has 1 aliphatic rings. The first-order valence-electron chi connectivity index (χ1n) is 9.83. The Balaban J connectivity index is 1.33. The first kappa shape index (κ1) is 19.3. The molecule has 2 heterocycles. The molecule has 0 spiro atoms. The molecular formula is C22H26N4O3. The highest BCUT2D eigenvalue weighted by Crippen LogP contribution is 2.28. The number of benzene rings is 2. The van der Waals surface area contributed by atoms with E-state index < -0.39 is 0 Å². The summed E-state index contributed by atoms with van der Waals surface area (Å²) in [6.45, 7) is 3.01. The third-order valence-corrected chi connectivity index (χ3v) is 5.18. The Kier molecular flexibility index (Phi) is 5.69. The van der Waals surface area contributed by atoms with Gasteiger partial charge in [-0.3, -0.25) is 4.79 Å². The van der Waals surface area contributed by atoms with E-state index in [-0.39, 0.29) is 24.7 Å². The van der Waals surface area contributed by atoms with E-state index in [1.807, 2.05) is 0 Å². The molecule has 0 bridgehead atoms. The zero-order valence-electron chi connectivity index (χ0n) is 16.6. The van der Waals surface area contributed by atoms with Gasteiger partial charge >= 0.3 is 0 Å². The number of carbonyl (C=O) groups excluding carboxylic acids is 1. The molecule has 1 amide bonds. The summed E-state index contributed by atoms with van der Waals surface area (Å²) in [6, 6.07) is 17.9. The molecule has 4 rings (SSSR count). The van der Waals surface area contributed by atoms with Crippen LogP contribution in [0.5, 0.6) is 11.5 Å². The summed E-state index contributed by atoms with van der Waals surface area (Å²) in [5, 5.41) is 4.20. The van der Waals surface area contributed by atoms with Gasteiger partial charge in [-0.25, -0.2) is 10.9 Å². The molecule has 1 aromatic heterocycles. The Morgan fingerprint density at radius 3 is 2.66 bits per heavy atom. The third kappa shape index (κ3) is 4.21. The number of amides is 1. The number of nitrogens with one attached hydrogen (secondary N) is 3. The molecule has 29 heavy (non-hydrogen) atoms. The number of hydrogen-bond donors (Lipinski definition) is 3. The third-order valence-electron chi connectivity index (χ3n) is 5.18. The molecule has 1 aliphatic heterocycles. The van der Waals surface area contributed by atoms with Crippen molar-refractivity contribution in [1.82, 2.24) is 20.7 Å². The van der Waals surface area contributed by atoms with Gasteiger partial charge in [0, 0.05) is 24.2 Å². The van der Waals surface area contributed by atoms with Crippen molar-refractivity contribution in [2.24, 2.45) is 0 Å². The number of carbonyl (C=O) groups is 1. The van der Waals surface area contributed by atoms with Gasteiger partial charge in [-0.2, -0.15) is 0 Å². The predicted octanol–water partition coefficient (Wildman–Crippen LogP) is 2.73. The van der Waals surface area contributed by atoms with E-state index in [0.717, 1.165) is 18.7 Å². The van der Waals surface area contributed by atoms with Crippen molar-refractivity contribution in [3.8, 4) is 11.5 Å². The summed E-state index contributed by atoms with van der Waals surface area (Å²) >= 11 is 0. The standard InChI is InChI=1S/C22H26N4O3/c1-3-26-19-7-5-4-6-15(19)12-20(26)18-13-21(25-24-18)23-22(27)14-29-17-10-8-16(28-2)9-11-17/h4-12,18,21,24-25H,3,13-14H2,1-2H3,(H,23,27). The number of hydrazine groups is 1. The summed E-state index contributed by atoms with van der Waals surface area (Å²) in [5.41, 5.74) is 8.93. The van der Waals surface area contributed by atoms with Crippen LogP contribution in [0.25, 0.3) is 10.9 Å². The Labute approximate surface area is 170 Å². The van der Waals surface area contributed by atoms with Crippen molar-refractivity contribution in [1.29, 1.82) is 0 Å². The van der Waals surface area contributed by atoms with Crippen molar-refractivity contribution in [2.75, 3.05) is 13.7 Å². The molecule has 152 valence electrons. The summed E-state index contributed by atoms with van der Waals surface area (Å²) in [6.07, 6.45) is 0.597. The fraction of sp³-hybridized carbons (Fsp3) is 0.318. The van der Waals surface area contributed by atoms with Gasteiger partial charge < -0.3 is 19.4 Å². The minimum atomic E-state index is -0.170. The lowest BCUT2D eigenvalue weighted by molar-refractivity contribution is -0.123. The predicted molar refractivity (Wildman–Crippen MR) is 112 cm³/mol. The lowest BCUT2D eigenvalue weighted by Gasteiger charge is -2.14. The molecule has 3 N–H and O–H groups in total. The number of rotatable bonds is 7. The minimum absolute atomic E-state index is 0.0373. The lowest BCUT2D eigenvalue weighted by atomic mass is 10.1. The van der Waals surface area contributed by atoms with Crippen LogP contribution in [0.2, 0.25) is 0 Å². The fourth-order valence-corrected chi connectivity index (χ4v) is 3.77.